The third-order valence-corrected chi connectivity index (χ3v) is 3.40. The van der Waals surface area contributed by atoms with E-state index in [1.165, 1.54) is 5.56 Å². The second-order valence-corrected chi connectivity index (χ2v) is 4.99. The maximum absolute atomic E-state index is 5.76. The van der Waals surface area contributed by atoms with Crippen LogP contribution < -0.4 is 5.32 Å². The van der Waals surface area contributed by atoms with Crippen molar-refractivity contribution in [3.63, 3.8) is 0 Å². The quantitative estimate of drug-likeness (QED) is 0.724. The van der Waals surface area contributed by atoms with Crippen LogP contribution in [0.15, 0.2) is 54.6 Å². The van der Waals surface area contributed by atoms with Crippen LogP contribution in [0.1, 0.15) is 5.56 Å². The molecule has 0 aliphatic carbocycles. The van der Waals surface area contributed by atoms with Gasteiger partial charge in [0.15, 0.2) is 0 Å². The van der Waals surface area contributed by atoms with E-state index >= 15 is 0 Å². The zero-order valence-corrected chi connectivity index (χ0v) is 11.8. The van der Waals surface area contributed by atoms with Crippen molar-refractivity contribution in [2.24, 2.45) is 0 Å². The summed E-state index contributed by atoms with van der Waals surface area (Å²) < 4.78 is 2.19. The summed E-state index contributed by atoms with van der Waals surface area (Å²) in [5, 5.41) is 3.29. The molecule has 0 bridgehead atoms. The van der Waals surface area contributed by atoms with Gasteiger partial charge in [0.2, 0.25) is 5.95 Å². The number of hydrogen-bond donors (Lipinski definition) is 1. The van der Waals surface area contributed by atoms with E-state index in [1.807, 2.05) is 24.3 Å². The fourth-order valence-electron chi connectivity index (χ4n) is 2.30. The first-order valence-corrected chi connectivity index (χ1v) is 7.21. The average molecular weight is 286 g/mol. The lowest BCUT2D eigenvalue weighted by atomic mass is 10.2. The molecule has 1 aromatic heterocycles. The smallest absolute Gasteiger partial charge is 0.204 e. The van der Waals surface area contributed by atoms with Crippen molar-refractivity contribution < 1.29 is 0 Å². The normalized spacial score (nSPS) is 10.8. The largest absolute Gasteiger partial charge is 0.354 e. The molecule has 0 atom stereocenters. The molecular weight excluding hydrogens is 270 g/mol. The molecule has 3 nitrogen and oxygen atoms in total. The lowest BCUT2D eigenvalue weighted by Crippen LogP contribution is -2.10. The maximum Gasteiger partial charge on any atom is 0.204 e. The average Bonchev–Trinajstić information content (AvgIpc) is 2.84. The van der Waals surface area contributed by atoms with Gasteiger partial charge in [-0.1, -0.05) is 42.5 Å². The Bertz CT molecular complexity index is 691. The minimum Gasteiger partial charge on any atom is -0.354 e. The molecule has 0 saturated carbocycles. The number of para-hydroxylation sites is 2. The first kappa shape index (κ1) is 13.0. The minimum atomic E-state index is 0.564. The summed E-state index contributed by atoms with van der Waals surface area (Å²) in [6.07, 6.45) is 0. The number of halogens is 1. The number of hydrogen-bond acceptors (Lipinski definition) is 2. The molecule has 0 aliphatic heterocycles. The molecule has 3 aromatic rings. The van der Waals surface area contributed by atoms with Crippen molar-refractivity contribution in [2.45, 2.75) is 6.54 Å². The van der Waals surface area contributed by atoms with E-state index in [1.54, 1.807) is 0 Å². The van der Waals surface area contributed by atoms with Crippen LogP contribution in [0.3, 0.4) is 0 Å². The van der Waals surface area contributed by atoms with Gasteiger partial charge in [0, 0.05) is 12.4 Å². The molecule has 0 aliphatic rings. The highest BCUT2D eigenvalue weighted by Crippen LogP contribution is 2.21. The Kier molecular flexibility index (Phi) is 3.88. The van der Waals surface area contributed by atoms with Crippen molar-refractivity contribution in [1.82, 2.24) is 9.55 Å². The maximum atomic E-state index is 5.76. The van der Waals surface area contributed by atoms with Crippen LogP contribution in [0.2, 0.25) is 0 Å². The van der Waals surface area contributed by atoms with Crippen molar-refractivity contribution in [3.8, 4) is 0 Å². The number of fused-ring (bicyclic) bond motifs is 1. The molecule has 1 heterocycles. The van der Waals surface area contributed by atoms with E-state index in [0.29, 0.717) is 12.4 Å². The Morgan fingerprint density at radius 3 is 2.55 bits per heavy atom. The highest BCUT2D eigenvalue weighted by Gasteiger charge is 2.09. The zero-order valence-electron chi connectivity index (χ0n) is 11.1. The Morgan fingerprint density at radius 2 is 1.75 bits per heavy atom. The van der Waals surface area contributed by atoms with Gasteiger partial charge < -0.3 is 9.88 Å². The number of benzene rings is 2. The number of nitrogens with one attached hydrogen (secondary N) is 1. The van der Waals surface area contributed by atoms with Crippen molar-refractivity contribution in [1.29, 1.82) is 0 Å². The van der Waals surface area contributed by atoms with Crippen LogP contribution in [0.25, 0.3) is 11.0 Å². The highest BCUT2D eigenvalue weighted by atomic mass is 35.5. The summed E-state index contributed by atoms with van der Waals surface area (Å²) in [5.41, 5.74) is 3.39. The predicted octanol–water partition coefficient (Wildman–Crippen LogP) is 3.74. The summed E-state index contributed by atoms with van der Waals surface area (Å²) in [6.45, 7) is 1.51. The van der Waals surface area contributed by atoms with E-state index < -0.39 is 0 Å². The topological polar surface area (TPSA) is 29.9 Å². The van der Waals surface area contributed by atoms with Crippen LogP contribution in [0, 0.1) is 0 Å². The van der Waals surface area contributed by atoms with Crippen LogP contribution in [-0.2, 0) is 6.54 Å². The number of anilines is 1. The van der Waals surface area contributed by atoms with E-state index in [4.69, 9.17) is 11.6 Å². The number of rotatable bonds is 5. The van der Waals surface area contributed by atoms with Gasteiger partial charge in [-0.3, -0.25) is 0 Å². The molecule has 0 saturated heterocycles. The lowest BCUT2D eigenvalue weighted by molar-refractivity contribution is 0.826. The van der Waals surface area contributed by atoms with E-state index in [-0.39, 0.29) is 0 Å². The molecule has 102 valence electrons. The molecule has 0 unspecified atom stereocenters. The fourth-order valence-corrected chi connectivity index (χ4v) is 2.39. The van der Waals surface area contributed by atoms with Crippen LogP contribution in [0.5, 0.6) is 0 Å². The molecule has 3 rings (SSSR count). The van der Waals surface area contributed by atoms with Gasteiger partial charge in [-0.2, -0.15) is 0 Å². The van der Waals surface area contributed by atoms with Gasteiger partial charge in [0.1, 0.15) is 0 Å². The van der Waals surface area contributed by atoms with Gasteiger partial charge in [0.25, 0.3) is 0 Å². The second-order valence-electron chi connectivity index (χ2n) is 4.61. The predicted molar refractivity (Wildman–Crippen MR) is 84.5 cm³/mol. The number of alkyl halides is 1. The molecule has 0 radical (unpaired) electrons. The molecule has 0 spiro atoms. The Balaban J connectivity index is 2.01. The first-order chi connectivity index (χ1) is 9.88. The molecule has 4 heteroatoms. The van der Waals surface area contributed by atoms with Crippen molar-refractivity contribution >= 4 is 28.6 Å². The SMILES string of the molecule is ClCCNc1nc2ccccc2n1Cc1ccccc1. The van der Waals surface area contributed by atoms with Crippen molar-refractivity contribution in [2.75, 3.05) is 17.7 Å². The Morgan fingerprint density at radius 1 is 1.00 bits per heavy atom. The monoisotopic (exact) mass is 285 g/mol. The zero-order chi connectivity index (χ0) is 13.8. The standard InChI is InChI=1S/C16H16ClN3/c17-10-11-18-16-19-14-8-4-5-9-15(14)20(16)12-13-6-2-1-3-7-13/h1-9H,10-12H2,(H,18,19). The highest BCUT2D eigenvalue weighted by molar-refractivity contribution is 6.18. The number of imidazole rings is 1. The molecule has 0 amide bonds. The van der Waals surface area contributed by atoms with Gasteiger partial charge in [-0.15, -0.1) is 11.6 Å². The van der Waals surface area contributed by atoms with Gasteiger partial charge in [-0.05, 0) is 17.7 Å². The first-order valence-electron chi connectivity index (χ1n) is 6.67. The summed E-state index contributed by atoms with van der Waals surface area (Å²) >= 11 is 5.76. The van der Waals surface area contributed by atoms with Crippen LogP contribution >= 0.6 is 11.6 Å². The molecule has 20 heavy (non-hydrogen) atoms. The second kappa shape index (κ2) is 5.97. The van der Waals surface area contributed by atoms with Gasteiger partial charge in [-0.25, -0.2) is 4.98 Å². The summed E-state index contributed by atoms with van der Waals surface area (Å²) in [5.74, 6) is 1.44. The van der Waals surface area contributed by atoms with Crippen molar-refractivity contribution in [3.05, 3.63) is 60.2 Å². The summed E-state index contributed by atoms with van der Waals surface area (Å²) in [4.78, 5) is 4.64. The van der Waals surface area contributed by atoms with Gasteiger partial charge >= 0.3 is 0 Å². The summed E-state index contributed by atoms with van der Waals surface area (Å²) in [7, 11) is 0. The molecule has 2 aromatic carbocycles. The Hall–Kier alpha value is -2.00. The van der Waals surface area contributed by atoms with Gasteiger partial charge in [0.05, 0.1) is 17.6 Å². The minimum absolute atomic E-state index is 0.564. The summed E-state index contributed by atoms with van der Waals surface area (Å²) in [6, 6.07) is 18.6. The van der Waals surface area contributed by atoms with Crippen LogP contribution in [0.4, 0.5) is 5.95 Å². The molecule has 1 N–H and O–H groups in total. The van der Waals surface area contributed by atoms with E-state index in [2.05, 4.69) is 45.2 Å². The Labute approximate surface area is 123 Å². The number of aromatic nitrogens is 2. The lowest BCUT2D eigenvalue weighted by Gasteiger charge is -2.10. The number of nitrogens with zero attached hydrogens (tertiary/aromatic N) is 2. The molecular formula is C16H16ClN3. The van der Waals surface area contributed by atoms with Crippen LogP contribution in [-0.4, -0.2) is 22.0 Å². The third-order valence-electron chi connectivity index (χ3n) is 3.22. The van der Waals surface area contributed by atoms with E-state index in [0.717, 1.165) is 23.5 Å². The molecule has 0 fully saturated rings. The third kappa shape index (κ3) is 2.63. The fraction of sp³-hybridized carbons (Fsp3) is 0.188. The van der Waals surface area contributed by atoms with E-state index in [9.17, 15) is 0 Å².